The monoisotopic (exact) mass is 398 g/mol. The molecule has 0 bridgehead atoms. The second-order valence-electron chi connectivity index (χ2n) is 6.82. The topological polar surface area (TPSA) is 122 Å². The van der Waals surface area contributed by atoms with E-state index in [0.717, 1.165) is 11.1 Å². The molecule has 0 aliphatic carbocycles. The molecule has 3 rings (SSSR count). The van der Waals surface area contributed by atoms with E-state index in [1.807, 2.05) is 13.0 Å². The molecule has 0 saturated heterocycles. The quantitative estimate of drug-likeness (QED) is 0.661. The summed E-state index contributed by atoms with van der Waals surface area (Å²) in [5, 5.41) is 30.0. The first-order valence-electron chi connectivity index (χ1n) is 8.94. The number of nitrogens with two attached hydrogens (primary N) is 1. The Kier molecular flexibility index (Phi) is 5.52. The molecule has 3 aromatic rings. The lowest BCUT2D eigenvalue weighted by molar-refractivity contribution is 0.123. The number of aliphatic hydroxyl groups excluding tert-OH is 1. The van der Waals surface area contributed by atoms with Crippen LogP contribution in [-0.4, -0.2) is 29.4 Å². The van der Waals surface area contributed by atoms with Gasteiger partial charge in [-0.2, -0.15) is 10.4 Å². The summed E-state index contributed by atoms with van der Waals surface area (Å²) < 4.78 is 25.3. The maximum Gasteiger partial charge on any atom is 0.213 e. The van der Waals surface area contributed by atoms with Crippen molar-refractivity contribution >= 4 is 20.9 Å². The molecule has 0 saturated carbocycles. The number of fused-ring (bicyclic) bond motifs is 1. The van der Waals surface area contributed by atoms with Crippen molar-refractivity contribution in [3.8, 4) is 17.3 Å². The fourth-order valence-corrected chi connectivity index (χ4v) is 4.15. The molecule has 28 heavy (non-hydrogen) atoms. The number of benzene rings is 2. The zero-order valence-electron chi connectivity index (χ0n) is 15.7. The predicted molar refractivity (Wildman–Crippen MR) is 108 cm³/mol. The van der Waals surface area contributed by atoms with E-state index in [9.17, 15) is 13.5 Å². The predicted octanol–water partition coefficient (Wildman–Crippen LogP) is 2.70. The first-order chi connectivity index (χ1) is 13.2. The van der Waals surface area contributed by atoms with Crippen LogP contribution in [0, 0.1) is 11.3 Å². The number of rotatable bonds is 6. The Hall–Kier alpha value is -2.73. The SMILES string of the molecule is CCC(C(C)O)n1nc(-c2ccc(C#N)cc2)c2c(CS(N)(=O)=O)cccc21. The van der Waals surface area contributed by atoms with Crippen LogP contribution in [0.2, 0.25) is 0 Å². The minimum atomic E-state index is -3.74. The number of nitriles is 1. The highest BCUT2D eigenvalue weighted by Gasteiger charge is 2.23. The zero-order chi connectivity index (χ0) is 20.5. The second-order valence-corrected chi connectivity index (χ2v) is 8.43. The number of hydrogen-bond donors (Lipinski definition) is 2. The fourth-order valence-electron chi connectivity index (χ4n) is 3.48. The van der Waals surface area contributed by atoms with Gasteiger partial charge in [0.15, 0.2) is 0 Å². The van der Waals surface area contributed by atoms with Crippen molar-refractivity contribution in [3.05, 3.63) is 53.6 Å². The van der Waals surface area contributed by atoms with Crippen LogP contribution < -0.4 is 5.14 Å². The van der Waals surface area contributed by atoms with Crippen LogP contribution in [0.15, 0.2) is 42.5 Å². The molecule has 2 atom stereocenters. The van der Waals surface area contributed by atoms with Crippen LogP contribution >= 0.6 is 0 Å². The lowest BCUT2D eigenvalue weighted by Gasteiger charge is -2.19. The summed E-state index contributed by atoms with van der Waals surface area (Å²) in [5.41, 5.74) is 3.15. The lowest BCUT2D eigenvalue weighted by atomic mass is 10.0. The molecule has 0 radical (unpaired) electrons. The van der Waals surface area contributed by atoms with Crippen molar-refractivity contribution in [2.75, 3.05) is 0 Å². The van der Waals surface area contributed by atoms with E-state index in [-0.39, 0.29) is 11.8 Å². The van der Waals surface area contributed by atoms with Gasteiger partial charge in [0.1, 0.15) is 5.69 Å². The zero-order valence-corrected chi connectivity index (χ0v) is 16.5. The average Bonchev–Trinajstić information content (AvgIpc) is 3.01. The minimum absolute atomic E-state index is 0.264. The van der Waals surface area contributed by atoms with Crippen molar-refractivity contribution in [3.63, 3.8) is 0 Å². The van der Waals surface area contributed by atoms with Crippen molar-refractivity contribution in [1.82, 2.24) is 9.78 Å². The first-order valence-corrected chi connectivity index (χ1v) is 10.7. The standard InChI is InChI=1S/C20H22N4O3S/c1-3-17(13(2)25)24-18-6-4-5-16(12-28(22,26)27)19(18)20(23-24)15-9-7-14(11-21)8-10-15/h4-10,13,17,25H,3,12H2,1-2H3,(H2,22,26,27). The first kappa shape index (κ1) is 20.0. The highest BCUT2D eigenvalue weighted by atomic mass is 32.2. The minimum Gasteiger partial charge on any atom is -0.391 e. The molecule has 0 amide bonds. The summed E-state index contributed by atoms with van der Waals surface area (Å²) in [5.74, 6) is -0.315. The Balaban J connectivity index is 2.32. The summed E-state index contributed by atoms with van der Waals surface area (Å²) >= 11 is 0. The maximum absolute atomic E-state index is 11.8. The van der Waals surface area contributed by atoms with E-state index in [1.165, 1.54) is 0 Å². The Morgan fingerprint density at radius 2 is 1.93 bits per heavy atom. The van der Waals surface area contributed by atoms with Crippen LogP contribution in [0.3, 0.4) is 0 Å². The van der Waals surface area contributed by atoms with Crippen LogP contribution in [0.5, 0.6) is 0 Å². The van der Waals surface area contributed by atoms with Gasteiger partial charge in [-0.25, -0.2) is 13.6 Å². The molecule has 0 aliphatic rings. The summed E-state index contributed by atoms with van der Waals surface area (Å²) in [4.78, 5) is 0. The van der Waals surface area contributed by atoms with Crippen molar-refractivity contribution in [2.24, 2.45) is 5.14 Å². The molecular formula is C20H22N4O3S. The third-order valence-corrected chi connectivity index (χ3v) is 5.47. The Morgan fingerprint density at radius 3 is 2.46 bits per heavy atom. The molecule has 8 heteroatoms. The summed E-state index contributed by atoms with van der Waals surface area (Å²) in [6, 6.07) is 14.1. The molecule has 0 aliphatic heterocycles. The molecule has 0 spiro atoms. The number of aromatic nitrogens is 2. The van der Waals surface area contributed by atoms with Gasteiger partial charge >= 0.3 is 0 Å². The van der Waals surface area contributed by atoms with Gasteiger partial charge in [-0.1, -0.05) is 31.2 Å². The Morgan fingerprint density at radius 1 is 1.25 bits per heavy atom. The summed E-state index contributed by atoms with van der Waals surface area (Å²) in [7, 11) is -3.74. The number of nitrogens with zero attached hydrogens (tertiary/aromatic N) is 3. The molecule has 1 heterocycles. The number of primary sulfonamides is 1. The van der Waals surface area contributed by atoms with Gasteiger partial charge in [0.25, 0.3) is 0 Å². The molecule has 0 fully saturated rings. The Labute approximate surface area is 164 Å². The third kappa shape index (κ3) is 3.92. The van der Waals surface area contributed by atoms with Gasteiger partial charge in [0.05, 0.1) is 35.0 Å². The molecule has 1 aromatic heterocycles. The van der Waals surface area contributed by atoms with E-state index in [2.05, 4.69) is 6.07 Å². The normalized spacial score (nSPS) is 14.0. The van der Waals surface area contributed by atoms with E-state index in [1.54, 1.807) is 48.0 Å². The Bertz CT molecular complexity index is 1140. The van der Waals surface area contributed by atoms with Gasteiger partial charge in [0.2, 0.25) is 10.0 Å². The second kappa shape index (κ2) is 7.72. The van der Waals surface area contributed by atoms with Crippen molar-refractivity contribution < 1.29 is 13.5 Å². The molecule has 146 valence electrons. The maximum atomic E-state index is 11.8. The van der Waals surface area contributed by atoms with Gasteiger partial charge in [-0.3, -0.25) is 4.68 Å². The van der Waals surface area contributed by atoms with E-state index in [4.69, 9.17) is 15.5 Å². The highest BCUT2D eigenvalue weighted by molar-refractivity contribution is 7.88. The molecular weight excluding hydrogens is 376 g/mol. The van der Waals surface area contributed by atoms with Crippen LogP contribution in [0.4, 0.5) is 0 Å². The van der Waals surface area contributed by atoms with Crippen LogP contribution in [-0.2, 0) is 15.8 Å². The van der Waals surface area contributed by atoms with E-state index < -0.39 is 16.1 Å². The lowest BCUT2D eigenvalue weighted by Crippen LogP contribution is -2.21. The van der Waals surface area contributed by atoms with Crippen molar-refractivity contribution in [1.29, 1.82) is 5.26 Å². The largest absolute Gasteiger partial charge is 0.391 e. The molecule has 7 nitrogen and oxygen atoms in total. The van der Waals surface area contributed by atoms with E-state index in [0.29, 0.717) is 28.6 Å². The smallest absolute Gasteiger partial charge is 0.213 e. The van der Waals surface area contributed by atoms with E-state index >= 15 is 0 Å². The molecule has 2 aromatic carbocycles. The summed E-state index contributed by atoms with van der Waals surface area (Å²) in [6.07, 6.45) is 0.0181. The number of hydrogen-bond acceptors (Lipinski definition) is 5. The van der Waals surface area contributed by atoms with Gasteiger partial charge in [-0.05, 0) is 37.1 Å². The van der Waals surface area contributed by atoms with Gasteiger partial charge in [-0.15, -0.1) is 0 Å². The number of aliphatic hydroxyl groups is 1. The number of sulfonamides is 1. The molecule has 3 N–H and O–H groups in total. The van der Waals surface area contributed by atoms with Crippen LogP contribution in [0.1, 0.15) is 37.4 Å². The summed E-state index contributed by atoms with van der Waals surface area (Å²) in [6.45, 7) is 3.66. The highest BCUT2D eigenvalue weighted by Crippen LogP contribution is 2.34. The third-order valence-electron chi connectivity index (χ3n) is 4.75. The average molecular weight is 398 g/mol. The van der Waals surface area contributed by atoms with Gasteiger partial charge < -0.3 is 5.11 Å². The van der Waals surface area contributed by atoms with Crippen molar-refractivity contribution in [2.45, 2.75) is 38.2 Å². The molecule has 2 unspecified atom stereocenters. The van der Waals surface area contributed by atoms with Gasteiger partial charge in [0, 0.05) is 10.9 Å². The fraction of sp³-hybridized carbons (Fsp3) is 0.300. The van der Waals surface area contributed by atoms with Crippen LogP contribution in [0.25, 0.3) is 22.2 Å².